The number of halogens is 4. The zero-order valence-corrected chi connectivity index (χ0v) is 19.7. The third kappa shape index (κ3) is 28.0. The van der Waals surface area contributed by atoms with Crippen molar-refractivity contribution in [3.05, 3.63) is 11.6 Å². The molecule has 0 spiro atoms. The first-order valence-corrected chi connectivity index (χ1v) is 8.76. The van der Waals surface area contributed by atoms with Crippen LogP contribution in [0.3, 0.4) is 0 Å². The van der Waals surface area contributed by atoms with Crippen LogP contribution >= 0.6 is 0 Å². The highest BCUT2D eigenvalue weighted by molar-refractivity contribution is 7.58. The van der Waals surface area contributed by atoms with Crippen molar-refractivity contribution in [3.8, 4) is 0 Å². The Kier molecular flexibility index (Phi) is 24.8. The molecular weight excluding hydrogens is 520 g/mol. The van der Waals surface area contributed by atoms with Crippen molar-refractivity contribution in [2.24, 2.45) is 14.1 Å². The van der Waals surface area contributed by atoms with Gasteiger partial charge in [0.05, 0.1) is 14.1 Å². The van der Waals surface area contributed by atoms with E-state index >= 15 is 0 Å². The Bertz CT molecular complexity index is 652. The second-order valence-corrected chi connectivity index (χ2v) is 5.62. The molecule has 26 heteroatoms. The van der Waals surface area contributed by atoms with Crippen molar-refractivity contribution >= 4 is 54.8 Å². The highest BCUT2D eigenvalue weighted by Crippen LogP contribution is 1.86. The van der Waals surface area contributed by atoms with Gasteiger partial charge in [0.2, 0.25) is 0 Å². The first-order chi connectivity index (χ1) is 15.2. The van der Waals surface area contributed by atoms with E-state index in [4.69, 9.17) is 77.1 Å². The molecule has 2 aromatic rings. The monoisotopic (exact) mass is 544 g/mol. The third-order valence-corrected chi connectivity index (χ3v) is 3.07. The predicted molar refractivity (Wildman–Crippen MR) is 113 cm³/mol. The van der Waals surface area contributed by atoms with Gasteiger partial charge in [-0.15, -0.1) is 9.36 Å². The second-order valence-electron chi connectivity index (χ2n) is 4.89. The largest absolute Gasteiger partial charge is 0.701 e. The van der Waals surface area contributed by atoms with Crippen LogP contribution in [0.25, 0.3) is 0 Å². The second kappa shape index (κ2) is 21.5. The van der Waals surface area contributed by atoms with Crippen molar-refractivity contribution in [1.82, 2.24) is 19.6 Å². The van der Waals surface area contributed by atoms with Gasteiger partial charge in [0, 0.05) is 24.0 Å². The Morgan fingerprint density at radius 1 is 0.647 bits per heavy atom. The van der Waals surface area contributed by atoms with Gasteiger partial charge in [-0.25, -0.2) is 0 Å². The van der Waals surface area contributed by atoms with Gasteiger partial charge in [0.1, 0.15) is 0 Å². The summed E-state index contributed by atoms with van der Waals surface area (Å²) in [5, 5.41) is 64.1. The molecule has 2 aromatic heterocycles. The zero-order valence-electron chi connectivity index (χ0n) is 18.1. The maximum absolute atomic E-state index is 10.1. The fourth-order valence-corrected chi connectivity index (χ4v) is 1.60. The molecule has 0 aliphatic carbocycles. The molecule has 0 saturated carbocycles. The normalized spacial score (nSPS) is 8.47. The van der Waals surface area contributed by atoms with Gasteiger partial charge < -0.3 is 65.4 Å². The van der Waals surface area contributed by atoms with Gasteiger partial charge in [-0.05, 0) is 0 Å². The number of nitrogens with zero attached hydrogens (tertiary/aromatic N) is 6. The summed E-state index contributed by atoms with van der Waals surface area (Å²) in [6.07, 6.45) is 0. The van der Waals surface area contributed by atoms with Gasteiger partial charge >= 0.3 is 29.6 Å². The SMILES string of the molecule is Cc1n(C)nc([S-])[n+]1N.Cc1n(C)nc([S-])[n+]1N.OB(O)F.OB(O)F.OB(O)F.OB(O)F. The minimum absolute atomic E-state index is 0.412. The summed E-state index contributed by atoms with van der Waals surface area (Å²) in [4.78, 5) is 0. The predicted octanol–water partition coefficient (Wildman–Crippen LogP) is -7.03. The maximum atomic E-state index is 10.1. The average Bonchev–Trinajstić information content (AvgIpc) is 2.97. The first kappa shape index (κ1) is 39.2. The van der Waals surface area contributed by atoms with Crippen molar-refractivity contribution < 1.29 is 66.8 Å². The van der Waals surface area contributed by atoms with E-state index in [1.54, 1.807) is 23.5 Å². The van der Waals surface area contributed by atoms with Gasteiger partial charge in [-0.3, -0.25) is 28.9 Å². The molecule has 2 heterocycles. The van der Waals surface area contributed by atoms with E-state index in [-0.39, 0.29) is 0 Å². The molecular formula is C8H24B4F4N8O8S2. The summed E-state index contributed by atoms with van der Waals surface area (Å²) >= 11 is 9.54. The maximum Gasteiger partial charge on any atom is 0.674 e. The molecule has 16 nitrogen and oxygen atoms in total. The zero-order chi connectivity index (χ0) is 28.3. The van der Waals surface area contributed by atoms with E-state index in [0.717, 1.165) is 11.6 Å². The van der Waals surface area contributed by atoms with Gasteiger partial charge in [0.25, 0.3) is 11.6 Å². The number of aromatic nitrogens is 6. The lowest BCUT2D eigenvalue weighted by atomic mass is 10.3. The first-order valence-electron chi connectivity index (χ1n) is 7.95. The Morgan fingerprint density at radius 2 is 0.794 bits per heavy atom. The highest BCUT2D eigenvalue weighted by atomic mass is 32.1. The third-order valence-electron chi connectivity index (χ3n) is 2.52. The number of rotatable bonds is 0. The van der Waals surface area contributed by atoms with Crippen molar-refractivity contribution in [2.45, 2.75) is 24.2 Å². The van der Waals surface area contributed by atoms with E-state index in [0.29, 0.717) is 10.3 Å². The summed E-state index contributed by atoms with van der Waals surface area (Å²) in [7, 11) is -7.07. The topological polar surface area (TPSA) is 257 Å². The lowest BCUT2D eigenvalue weighted by Gasteiger charge is -1.91. The molecule has 34 heavy (non-hydrogen) atoms. The molecule has 0 aromatic carbocycles. The molecule has 0 unspecified atom stereocenters. The summed E-state index contributed by atoms with van der Waals surface area (Å²) in [5.41, 5.74) is 0. The fourth-order valence-electron chi connectivity index (χ4n) is 1.09. The minimum atomic E-state index is -2.67. The standard InChI is InChI=1S/2C4H8N4S.4BFH2O2/c2*1-3-7(2)6-4(9)8(3)5;4*2-1(3)4/h2*5H2,1-2H3;4*3-4H. The van der Waals surface area contributed by atoms with E-state index in [1.807, 2.05) is 13.8 Å². The van der Waals surface area contributed by atoms with E-state index in [9.17, 15) is 17.3 Å². The van der Waals surface area contributed by atoms with Gasteiger partial charge in [-0.1, -0.05) is 0 Å². The minimum Gasteiger partial charge on any atom is -0.701 e. The summed E-state index contributed by atoms with van der Waals surface area (Å²) < 4.78 is 46.5. The molecule has 0 amide bonds. The van der Waals surface area contributed by atoms with Crippen LogP contribution in [0.2, 0.25) is 0 Å². The van der Waals surface area contributed by atoms with Crippen LogP contribution in [0.15, 0.2) is 10.3 Å². The average molecular weight is 544 g/mol. The molecule has 0 bridgehead atoms. The number of nitrogen functional groups attached to an aromatic ring is 2. The summed E-state index contributed by atoms with van der Waals surface area (Å²) in [6.45, 7) is 3.70. The van der Waals surface area contributed by atoms with Crippen LogP contribution < -0.4 is 21.0 Å². The van der Waals surface area contributed by atoms with Crippen LogP contribution in [0.1, 0.15) is 11.6 Å². The Hall–Kier alpha value is -2.02. The highest BCUT2D eigenvalue weighted by Gasteiger charge is 2.07. The van der Waals surface area contributed by atoms with E-state index in [1.165, 1.54) is 9.35 Å². The van der Waals surface area contributed by atoms with Gasteiger partial charge in [0.15, 0.2) is 10.3 Å². The van der Waals surface area contributed by atoms with Crippen molar-refractivity contribution in [1.29, 1.82) is 0 Å². The molecule has 0 aliphatic heterocycles. The van der Waals surface area contributed by atoms with Crippen LogP contribution in [0.5, 0.6) is 0 Å². The number of hydrogen-bond acceptors (Lipinski definition) is 14. The quantitative estimate of drug-likeness (QED) is 0.0487. The fraction of sp³-hybridized carbons (Fsp3) is 0.500. The van der Waals surface area contributed by atoms with Crippen LogP contribution in [-0.2, 0) is 39.4 Å². The number of aryl methyl sites for hydroxylation is 2. The molecule has 196 valence electrons. The molecule has 0 atom stereocenters. The van der Waals surface area contributed by atoms with E-state index < -0.39 is 29.6 Å². The smallest absolute Gasteiger partial charge is 0.674 e. The Labute approximate surface area is 203 Å². The number of nitrogens with two attached hydrogens (primary N) is 2. The summed E-state index contributed by atoms with van der Waals surface area (Å²) in [6, 6.07) is 0. The Balaban J connectivity index is -0.000000168. The van der Waals surface area contributed by atoms with Crippen molar-refractivity contribution in [2.75, 3.05) is 11.7 Å². The lowest BCUT2D eigenvalue weighted by molar-refractivity contribution is -0.684. The molecule has 2 rings (SSSR count). The molecule has 0 fully saturated rings. The van der Waals surface area contributed by atoms with Crippen LogP contribution in [0.4, 0.5) is 17.3 Å². The van der Waals surface area contributed by atoms with Crippen LogP contribution in [0, 0.1) is 13.8 Å². The molecule has 12 N–H and O–H groups in total. The lowest BCUT2D eigenvalue weighted by Crippen LogP contribution is -2.48. The summed E-state index contributed by atoms with van der Waals surface area (Å²) in [5.74, 6) is 12.6. The number of hydrogen-bond donors (Lipinski definition) is 10. The Morgan fingerprint density at radius 3 is 0.824 bits per heavy atom. The van der Waals surface area contributed by atoms with E-state index in [2.05, 4.69) is 10.2 Å². The van der Waals surface area contributed by atoms with Crippen LogP contribution in [-0.4, -0.2) is 89.3 Å². The van der Waals surface area contributed by atoms with Crippen molar-refractivity contribution in [3.63, 3.8) is 0 Å². The molecule has 0 aliphatic rings. The molecule has 0 radical (unpaired) electrons. The molecule has 0 saturated heterocycles. The van der Waals surface area contributed by atoms with Gasteiger partial charge in [-0.2, -0.15) is 9.35 Å².